The van der Waals surface area contributed by atoms with E-state index < -0.39 is 6.61 Å². The highest BCUT2D eigenvalue weighted by molar-refractivity contribution is 5.96. The van der Waals surface area contributed by atoms with Crippen LogP contribution in [0.3, 0.4) is 0 Å². The Morgan fingerprint density at radius 3 is 2.55 bits per heavy atom. The number of aromatic nitrogens is 3. The van der Waals surface area contributed by atoms with Crippen molar-refractivity contribution < 1.29 is 19.4 Å². The van der Waals surface area contributed by atoms with Crippen molar-refractivity contribution in [2.24, 2.45) is 0 Å². The Kier molecular flexibility index (Phi) is 8.79. The zero-order valence-corrected chi connectivity index (χ0v) is 23.8. The first kappa shape index (κ1) is 28.8. The molecule has 1 aliphatic rings. The van der Waals surface area contributed by atoms with Crippen LogP contribution in [0, 0.1) is 11.3 Å². The van der Waals surface area contributed by atoms with E-state index in [1.54, 1.807) is 17.0 Å². The molecule has 1 atom stereocenters. The summed E-state index contributed by atoms with van der Waals surface area (Å²) in [6, 6.07) is 17.2. The van der Waals surface area contributed by atoms with E-state index in [-0.39, 0.29) is 17.9 Å². The van der Waals surface area contributed by atoms with Crippen LogP contribution in [0.1, 0.15) is 49.0 Å². The van der Waals surface area contributed by atoms with Crippen LogP contribution in [0.4, 0.5) is 0 Å². The number of ether oxygens (including phenoxy) is 1. The van der Waals surface area contributed by atoms with E-state index in [1.807, 2.05) is 55.1 Å². The molecule has 3 heterocycles. The normalized spacial score (nSPS) is 13.6. The van der Waals surface area contributed by atoms with Gasteiger partial charge in [0.2, 0.25) is 5.91 Å². The third-order valence-corrected chi connectivity index (χ3v) is 7.64. The molecule has 42 heavy (non-hydrogen) atoms. The summed E-state index contributed by atoms with van der Waals surface area (Å²) in [4.78, 5) is 40.3. The van der Waals surface area contributed by atoms with Crippen LogP contribution in [0.25, 0.3) is 33.5 Å². The van der Waals surface area contributed by atoms with Gasteiger partial charge in [-0.2, -0.15) is 5.26 Å². The second-order valence-corrected chi connectivity index (χ2v) is 10.4. The highest BCUT2D eigenvalue weighted by atomic mass is 16.5. The Bertz CT molecular complexity index is 1620. The van der Waals surface area contributed by atoms with Gasteiger partial charge in [-0.05, 0) is 68.7 Å². The number of hydrogen-bond acceptors (Lipinski definition) is 7. The molecule has 5 rings (SSSR count). The number of likely N-dealkylation sites (tertiary alicyclic amines) is 1. The quantitative estimate of drug-likeness (QED) is 0.290. The zero-order chi connectivity index (χ0) is 29.6. The van der Waals surface area contributed by atoms with Crippen molar-refractivity contribution in [2.75, 3.05) is 32.8 Å². The molecule has 216 valence electrons. The van der Waals surface area contributed by atoms with Gasteiger partial charge in [0.25, 0.3) is 5.91 Å². The number of aromatic amines is 1. The molecule has 1 unspecified atom stereocenters. The number of rotatable bonds is 10. The van der Waals surface area contributed by atoms with Crippen LogP contribution in [0.15, 0.2) is 54.9 Å². The summed E-state index contributed by atoms with van der Waals surface area (Å²) in [6.07, 6.45) is 3.90. The number of hydrogen-bond donors (Lipinski definition) is 2. The molecule has 2 aromatic carbocycles. The summed E-state index contributed by atoms with van der Waals surface area (Å²) in [7, 11) is 0. The molecule has 0 spiro atoms. The summed E-state index contributed by atoms with van der Waals surface area (Å²) in [5, 5.41) is 19.8. The molecule has 0 saturated carbocycles. The first-order chi connectivity index (χ1) is 20.4. The van der Waals surface area contributed by atoms with Gasteiger partial charge in [-0.3, -0.25) is 9.59 Å². The van der Waals surface area contributed by atoms with Gasteiger partial charge in [0.1, 0.15) is 30.4 Å². The molecule has 0 bridgehead atoms. The number of carbonyl (C=O) groups excluding carboxylic acids is 2. The van der Waals surface area contributed by atoms with Crippen LogP contribution in [0.2, 0.25) is 0 Å². The standard InChI is InChI=1S/C32H34N6O4/c1-3-37(29(40)19-39)15-12-21(2)42-28-11-10-24(16-25(28)18-33)30-26-17-27(36-31(26)35-20-34-30)22-6-8-23(9-7-22)32(41)38-13-4-5-14-38/h6-11,16-17,20-21,39H,3-5,12-15,19H2,1-2H3,(H,34,35,36). The van der Waals surface area contributed by atoms with Gasteiger partial charge >= 0.3 is 0 Å². The first-order valence-electron chi connectivity index (χ1n) is 14.2. The average Bonchev–Trinajstić information content (AvgIpc) is 3.72. The molecule has 1 fully saturated rings. The fraction of sp³-hybridized carbons (Fsp3) is 0.344. The van der Waals surface area contributed by atoms with Crippen LogP contribution >= 0.6 is 0 Å². The van der Waals surface area contributed by atoms with E-state index in [9.17, 15) is 14.9 Å². The SMILES string of the molecule is CCN(CCC(C)Oc1ccc(-c2ncnc3[nH]c(-c4ccc(C(=O)N5CCCC5)cc4)cc23)cc1C#N)C(=O)CO. The third kappa shape index (κ3) is 6.11. The van der Waals surface area contributed by atoms with Crippen LogP contribution in [-0.2, 0) is 4.79 Å². The number of nitrogens with zero attached hydrogens (tertiary/aromatic N) is 5. The van der Waals surface area contributed by atoms with Crippen molar-refractivity contribution in [3.8, 4) is 34.3 Å². The number of aliphatic hydroxyl groups excluding tert-OH is 1. The largest absolute Gasteiger partial charge is 0.489 e. The molecule has 0 aliphatic carbocycles. The highest BCUT2D eigenvalue weighted by Crippen LogP contribution is 2.32. The lowest BCUT2D eigenvalue weighted by molar-refractivity contribution is -0.134. The molecule has 2 aromatic heterocycles. The smallest absolute Gasteiger partial charge is 0.253 e. The van der Waals surface area contributed by atoms with Gasteiger partial charge in [-0.1, -0.05) is 12.1 Å². The number of fused-ring (bicyclic) bond motifs is 1. The van der Waals surface area contributed by atoms with Crippen molar-refractivity contribution in [1.29, 1.82) is 5.26 Å². The highest BCUT2D eigenvalue weighted by Gasteiger charge is 2.20. The number of amides is 2. The summed E-state index contributed by atoms with van der Waals surface area (Å²) in [6.45, 7) is 5.80. The van der Waals surface area contributed by atoms with E-state index in [2.05, 4.69) is 21.0 Å². The number of H-pyrrole nitrogens is 1. The van der Waals surface area contributed by atoms with Crippen molar-refractivity contribution in [2.45, 2.75) is 39.2 Å². The molecule has 0 radical (unpaired) electrons. The number of likely N-dealkylation sites (N-methyl/N-ethyl adjacent to an activating group) is 1. The minimum Gasteiger partial charge on any atom is -0.489 e. The Labute approximate surface area is 244 Å². The second-order valence-electron chi connectivity index (χ2n) is 10.4. The maximum absolute atomic E-state index is 12.7. The number of nitriles is 1. The van der Waals surface area contributed by atoms with Gasteiger partial charge in [-0.25, -0.2) is 9.97 Å². The predicted molar refractivity (Wildman–Crippen MR) is 159 cm³/mol. The number of benzene rings is 2. The van der Waals surface area contributed by atoms with Crippen LogP contribution in [0.5, 0.6) is 5.75 Å². The van der Waals surface area contributed by atoms with E-state index >= 15 is 0 Å². The number of nitrogens with one attached hydrogen (secondary N) is 1. The summed E-state index contributed by atoms with van der Waals surface area (Å²) >= 11 is 0. The molecular formula is C32H34N6O4. The topological polar surface area (TPSA) is 135 Å². The minimum absolute atomic E-state index is 0.0682. The molecule has 1 aliphatic heterocycles. The Hall–Kier alpha value is -4.75. The summed E-state index contributed by atoms with van der Waals surface area (Å²) < 4.78 is 6.05. The lowest BCUT2D eigenvalue weighted by Gasteiger charge is -2.23. The summed E-state index contributed by atoms with van der Waals surface area (Å²) in [5.41, 5.74) is 4.93. The number of aliphatic hydroxyl groups is 1. The maximum atomic E-state index is 12.7. The molecule has 2 N–H and O–H groups in total. The van der Waals surface area contributed by atoms with Crippen molar-refractivity contribution in [3.05, 3.63) is 66.0 Å². The fourth-order valence-corrected chi connectivity index (χ4v) is 5.26. The zero-order valence-electron chi connectivity index (χ0n) is 23.8. The second kappa shape index (κ2) is 12.8. The summed E-state index contributed by atoms with van der Waals surface area (Å²) in [5.74, 6) is 0.202. The molecule has 2 amide bonds. The fourth-order valence-electron chi connectivity index (χ4n) is 5.26. The molecular weight excluding hydrogens is 532 g/mol. The Balaban J connectivity index is 1.34. The monoisotopic (exact) mass is 566 g/mol. The lowest BCUT2D eigenvalue weighted by atomic mass is 10.0. The number of carbonyl (C=O) groups is 2. The van der Waals surface area contributed by atoms with Gasteiger partial charge < -0.3 is 24.6 Å². The van der Waals surface area contributed by atoms with Crippen LogP contribution in [-0.4, -0.2) is 80.6 Å². The van der Waals surface area contributed by atoms with Crippen LogP contribution < -0.4 is 4.74 Å². The van der Waals surface area contributed by atoms with Crippen molar-refractivity contribution in [1.82, 2.24) is 24.8 Å². The van der Waals surface area contributed by atoms with E-state index in [4.69, 9.17) is 9.84 Å². The third-order valence-electron chi connectivity index (χ3n) is 7.64. The Morgan fingerprint density at radius 1 is 1.12 bits per heavy atom. The van der Waals surface area contributed by atoms with E-state index in [0.29, 0.717) is 47.7 Å². The minimum atomic E-state index is -0.520. The molecule has 10 heteroatoms. The molecule has 4 aromatic rings. The van der Waals surface area contributed by atoms with Gasteiger partial charge in [0.05, 0.1) is 17.4 Å². The average molecular weight is 567 g/mol. The van der Waals surface area contributed by atoms with E-state index in [0.717, 1.165) is 48.1 Å². The molecule has 10 nitrogen and oxygen atoms in total. The van der Waals surface area contributed by atoms with E-state index in [1.165, 1.54) is 6.33 Å². The predicted octanol–water partition coefficient (Wildman–Crippen LogP) is 4.40. The van der Waals surface area contributed by atoms with Gasteiger partial charge in [-0.15, -0.1) is 0 Å². The molecule has 1 saturated heterocycles. The first-order valence-corrected chi connectivity index (χ1v) is 14.2. The lowest BCUT2D eigenvalue weighted by Crippen LogP contribution is -2.35. The van der Waals surface area contributed by atoms with Gasteiger partial charge in [0.15, 0.2) is 0 Å². The van der Waals surface area contributed by atoms with Gasteiger partial charge in [0, 0.05) is 54.8 Å². The van der Waals surface area contributed by atoms with Crippen molar-refractivity contribution >= 4 is 22.8 Å². The Morgan fingerprint density at radius 2 is 1.86 bits per heavy atom. The maximum Gasteiger partial charge on any atom is 0.253 e. The van der Waals surface area contributed by atoms with Crippen molar-refractivity contribution in [3.63, 3.8) is 0 Å².